The van der Waals surface area contributed by atoms with Gasteiger partial charge in [-0.1, -0.05) is 22.6 Å². The van der Waals surface area contributed by atoms with Crippen LogP contribution in [0.2, 0.25) is 0 Å². The van der Waals surface area contributed by atoms with E-state index in [-0.39, 0.29) is 40.2 Å². The second-order valence-corrected chi connectivity index (χ2v) is 7.09. The number of rotatable bonds is 6. The van der Waals surface area contributed by atoms with E-state index < -0.39 is 9.84 Å². The molecule has 1 aromatic carbocycles. The van der Waals surface area contributed by atoms with Crippen LogP contribution in [0, 0.1) is 6.92 Å². The monoisotopic (exact) mass is 412 g/mol. The fourth-order valence-corrected chi connectivity index (χ4v) is 4.40. The van der Waals surface area contributed by atoms with E-state index in [1.54, 1.807) is 19.1 Å². The molecule has 0 amide bonds. The van der Waals surface area contributed by atoms with Crippen LogP contribution in [0.25, 0.3) is 0 Å². The van der Waals surface area contributed by atoms with Crippen LogP contribution in [0.5, 0.6) is 0 Å². The zero-order chi connectivity index (χ0) is 12.9. The first-order valence-corrected chi connectivity index (χ1v) is 8.45. The van der Waals surface area contributed by atoms with E-state index in [2.05, 4.69) is 9.37 Å². The molecule has 1 aromatic rings. The van der Waals surface area contributed by atoms with Crippen LogP contribution in [0.15, 0.2) is 28.0 Å². The van der Waals surface area contributed by atoms with Crippen LogP contribution in [-0.2, 0) is 19.2 Å². The summed E-state index contributed by atoms with van der Waals surface area (Å²) in [7, 11) is -3.22. The van der Waals surface area contributed by atoms with Crippen LogP contribution in [0.4, 0.5) is 0 Å². The van der Waals surface area contributed by atoms with Gasteiger partial charge in [0.15, 0.2) is 9.84 Å². The van der Waals surface area contributed by atoms with Crippen molar-refractivity contribution in [3.05, 3.63) is 23.8 Å². The summed E-state index contributed by atoms with van der Waals surface area (Å²) in [5, 5.41) is 12.9. The average molecular weight is 412 g/mol. The number of halogens is 1. The Morgan fingerprint density at radius 2 is 2.11 bits per heavy atom. The van der Waals surface area contributed by atoms with Crippen LogP contribution >= 0.6 is 34.6 Å². The minimum absolute atomic E-state index is 0. The van der Waals surface area contributed by atoms with Gasteiger partial charge in [-0.05, 0) is 30.7 Å². The van der Waals surface area contributed by atoms with Gasteiger partial charge in [-0.25, -0.2) is 8.42 Å². The predicted octanol–water partition coefficient (Wildman–Crippen LogP) is -1.56. The van der Waals surface area contributed by atoms with Gasteiger partial charge in [-0.3, -0.25) is 5.04 Å². The number of alkyl halides is 1. The molecule has 0 unspecified atom stereocenters. The van der Waals surface area contributed by atoms with E-state index in [9.17, 15) is 13.7 Å². The maximum atomic E-state index is 11.8. The quantitative estimate of drug-likeness (QED) is 0.141. The Labute approximate surface area is 146 Å². The van der Waals surface area contributed by atoms with Gasteiger partial charge in [0.05, 0.1) is 22.7 Å². The molecule has 0 saturated carbocycles. The van der Waals surface area contributed by atoms with Gasteiger partial charge in [0.1, 0.15) is 0 Å². The van der Waals surface area contributed by atoms with Crippen molar-refractivity contribution in [1.29, 1.82) is 0 Å². The Morgan fingerprint density at radius 1 is 1.44 bits per heavy atom. The van der Waals surface area contributed by atoms with E-state index in [0.29, 0.717) is 14.9 Å². The van der Waals surface area contributed by atoms with Crippen molar-refractivity contribution in [3.8, 4) is 0 Å². The molecule has 1 rings (SSSR count). The van der Waals surface area contributed by atoms with E-state index in [0.717, 1.165) is 12.0 Å². The van der Waals surface area contributed by atoms with E-state index in [1.807, 2.05) is 22.6 Å². The molecule has 0 aromatic heterocycles. The molecule has 0 aliphatic rings. The van der Waals surface area contributed by atoms with E-state index in [1.165, 1.54) is 6.07 Å². The summed E-state index contributed by atoms with van der Waals surface area (Å²) < 4.78 is 28.3. The molecule has 0 aliphatic carbocycles. The van der Waals surface area contributed by atoms with E-state index in [4.69, 9.17) is 0 Å². The molecule has 0 saturated heterocycles. The molecule has 0 spiro atoms. The first kappa shape index (κ1) is 19.1. The molecule has 0 heterocycles. The first-order valence-electron chi connectivity index (χ1n) is 4.54. The Hall–Kier alpha value is 1.13. The van der Waals surface area contributed by atoms with Crippen molar-refractivity contribution in [2.45, 2.75) is 16.7 Å². The molecule has 9 heteroatoms. The summed E-state index contributed by atoms with van der Waals surface area (Å²) in [6.45, 7) is 1.74. The van der Waals surface area contributed by atoms with Gasteiger partial charge >= 0.3 is 29.6 Å². The van der Waals surface area contributed by atoms with Gasteiger partial charge in [0.25, 0.3) is 0 Å². The molecule has 5 nitrogen and oxygen atoms in total. The fourth-order valence-electron chi connectivity index (χ4n) is 1.18. The number of aryl methyl sites for hydroxylation is 1. The number of hydrogen-bond acceptors (Lipinski definition) is 6. The smallest absolute Gasteiger partial charge is 0.691 e. The third-order valence-electron chi connectivity index (χ3n) is 2.00. The topological polar surface area (TPSA) is 75.7 Å². The van der Waals surface area contributed by atoms with Crippen molar-refractivity contribution >= 4 is 44.5 Å². The normalized spacial score (nSPS) is 11.1. The van der Waals surface area contributed by atoms with Crippen LogP contribution in [0.1, 0.15) is 5.56 Å². The fraction of sp³-hybridized carbons (Fsp3) is 0.333. The molecule has 0 aliphatic heterocycles. The van der Waals surface area contributed by atoms with Crippen LogP contribution in [0.3, 0.4) is 0 Å². The third kappa shape index (κ3) is 5.63. The van der Waals surface area contributed by atoms with Crippen molar-refractivity contribution in [2.75, 3.05) is 10.2 Å². The van der Waals surface area contributed by atoms with Gasteiger partial charge in [-0.15, -0.1) is 0 Å². The standard InChI is InChI=1S/C9H11IO5S2.Na/c1-7-6-8(17(12,13)5-4-10)2-3-9(7)16-15-14-11;/h2-3,6,11H,4-5H2,1H3;/q;+1/p-1. The third-order valence-corrected chi connectivity index (χ3v) is 5.75. The minimum atomic E-state index is -3.22. The van der Waals surface area contributed by atoms with Crippen molar-refractivity contribution < 1.29 is 52.6 Å². The molecular weight excluding hydrogens is 402 g/mol. The molecule has 0 atom stereocenters. The van der Waals surface area contributed by atoms with Crippen LogP contribution < -0.4 is 34.8 Å². The number of sulfone groups is 1. The molecular formula is C9H10INaO5S2. The van der Waals surface area contributed by atoms with Gasteiger partial charge < -0.3 is 5.26 Å². The van der Waals surface area contributed by atoms with Gasteiger partial charge in [0, 0.05) is 9.32 Å². The Balaban J connectivity index is 0.00000289. The minimum Gasteiger partial charge on any atom is -0.691 e. The maximum absolute atomic E-state index is 11.8. The molecule has 0 radical (unpaired) electrons. The number of hydrogen-bond donors (Lipinski definition) is 0. The summed E-state index contributed by atoms with van der Waals surface area (Å²) in [6, 6.07) is 4.63. The largest absolute Gasteiger partial charge is 1.00 e. The second-order valence-electron chi connectivity index (χ2n) is 3.15. The summed E-state index contributed by atoms with van der Waals surface area (Å²) in [6.07, 6.45) is 0. The SMILES string of the molecule is Cc1cc(S(=O)(=O)CCI)ccc1SOO[O-].[Na+]. The maximum Gasteiger partial charge on any atom is 1.00 e. The summed E-state index contributed by atoms with van der Waals surface area (Å²) in [4.78, 5) is 0.910. The second kappa shape index (κ2) is 9.14. The molecule has 96 valence electrons. The summed E-state index contributed by atoms with van der Waals surface area (Å²) in [5.41, 5.74) is 0.710. The average Bonchev–Trinajstić information content (AvgIpc) is 2.27. The van der Waals surface area contributed by atoms with Crippen LogP contribution in [-0.4, -0.2) is 18.6 Å². The number of benzene rings is 1. The zero-order valence-corrected chi connectivity index (χ0v) is 15.7. The van der Waals surface area contributed by atoms with Crippen molar-refractivity contribution in [3.63, 3.8) is 0 Å². The summed E-state index contributed by atoms with van der Waals surface area (Å²) >= 11 is 2.77. The molecule has 0 bridgehead atoms. The first-order chi connectivity index (χ1) is 8.01. The van der Waals surface area contributed by atoms with Crippen molar-refractivity contribution in [1.82, 2.24) is 0 Å². The Bertz CT molecular complexity index is 480. The molecule has 18 heavy (non-hydrogen) atoms. The van der Waals surface area contributed by atoms with Crippen molar-refractivity contribution in [2.24, 2.45) is 0 Å². The molecule has 0 N–H and O–H groups in total. The Kier molecular flexibility index (Phi) is 9.71. The summed E-state index contributed by atoms with van der Waals surface area (Å²) in [5.74, 6) is 0.111. The van der Waals surface area contributed by atoms with Gasteiger partial charge in [0.2, 0.25) is 0 Å². The molecule has 0 fully saturated rings. The van der Waals surface area contributed by atoms with E-state index >= 15 is 0 Å². The Morgan fingerprint density at radius 3 is 2.61 bits per heavy atom. The van der Waals surface area contributed by atoms with Gasteiger partial charge in [-0.2, -0.15) is 4.33 Å². The zero-order valence-electron chi connectivity index (χ0n) is 9.88. The predicted molar refractivity (Wildman–Crippen MR) is 70.1 cm³/mol.